The van der Waals surface area contributed by atoms with Gasteiger partial charge in [-0.25, -0.2) is 0 Å². The van der Waals surface area contributed by atoms with Crippen molar-refractivity contribution in [1.29, 1.82) is 0 Å². The van der Waals surface area contributed by atoms with Crippen molar-refractivity contribution in [3.63, 3.8) is 0 Å². The van der Waals surface area contributed by atoms with Gasteiger partial charge in [0.05, 0.1) is 0 Å². The average molecular weight is 205 g/mol. The molecule has 0 spiro atoms. The van der Waals surface area contributed by atoms with E-state index in [-0.39, 0.29) is 5.84 Å². The Morgan fingerprint density at radius 3 is 2.69 bits per heavy atom. The van der Waals surface area contributed by atoms with E-state index in [0.29, 0.717) is 6.42 Å². The number of nitrogens with zero attached hydrogens (tertiary/aromatic N) is 2. The van der Waals surface area contributed by atoms with E-state index in [4.69, 9.17) is 10.9 Å². The first-order chi connectivity index (χ1) is 6.22. The van der Waals surface area contributed by atoms with Crippen LogP contribution in [0.5, 0.6) is 0 Å². The predicted octanol–water partition coefficient (Wildman–Crippen LogP) is -0.813. The predicted molar refractivity (Wildman–Crippen MR) is 52.3 cm³/mol. The van der Waals surface area contributed by atoms with Crippen molar-refractivity contribution in [1.82, 2.24) is 4.90 Å². The minimum absolute atomic E-state index is 0.256. The molecule has 1 rings (SSSR count). The van der Waals surface area contributed by atoms with Gasteiger partial charge in [-0.05, 0) is 0 Å². The summed E-state index contributed by atoms with van der Waals surface area (Å²) in [5.41, 5.74) is 5.33. The summed E-state index contributed by atoms with van der Waals surface area (Å²) in [6.45, 7) is 2.49. The molecule has 0 aliphatic carbocycles. The van der Waals surface area contributed by atoms with Gasteiger partial charge in [-0.15, -0.1) is 0 Å². The van der Waals surface area contributed by atoms with E-state index >= 15 is 0 Å². The summed E-state index contributed by atoms with van der Waals surface area (Å²) in [5, 5.41) is 11.2. The van der Waals surface area contributed by atoms with Crippen LogP contribution in [0.4, 0.5) is 0 Å². The Balaban J connectivity index is 2.19. The van der Waals surface area contributed by atoms with Crippen molar-refractivity contribution in [2.24, 2.45) is 10.9 Å². The third kappa shape index (κ3) is 3.73. The van der Waals surface area contributed by atoms with Gasteiger partial charge in [-0.2, -0.15) is 0 Å². The van der Waals surface area contributed by atoms with E-state index in [0.717, 1.165) is 31.1 Å². The lowest BCUT2D eigenvalue weighted by atomic mass is 10.3. The molecule has 13 heavy (non-hydrogen) atoms. The second-order valence-corrected chi connectivity index (χ2v) is 4.73. The second-order valence-electron chi connectivity index (χ2n) is 3.03. The van der Waals surface area contributed by atoms with Gasteiger partial charge < -0.3 is 15.8 Å². The van der Waals surface area contributed by atoms with Crippen molar-refractivity contribution >= 4 is 16.6 Å². The lowest BCUT2D eigenvalue weighted by Crippen LogP contribution is -2.39. The molecule has 0 radical (unpaired) electrons. The van der Waals surface area contributed by atoms with E-state index in [1.54, 1.807) is 0 Å². The Bertz CT molecular complexity index is 210. The molecular weight excluding hydrogens is 190 g/mol. The van der Waals surface area contributed by atoms with Crippen molar-refractivity contribution in [2.45, 2.75) is 6.42 Å². The SMILES string of the molecule is N/C(CCN1CCS(=O)CC1)=N\O. The second kappa shape index (κ2) is 5.18. The highest BCUT2D eigenvalue weighted by molar-refractivity contribution is 7.85. The fraction of sp³-hybridized carbons (Fsp3) is 0.857. The first-order valence-corrected chi connectivity index (χ1v) is 5.75. The Kier molecular flexibility index (Phi) is 4.17. The molecule has 0 unspecified atom stereocenters. The van der Waals surface area contributed by atoms with E-state index < -0.39 is 10.8 Å². The normalized spacial score (nSPS) is 22.0. The first-order valence-electron chi connectivity index (χ1n) is 4.26. The van der Waals surface area contributed by atoms with Crippen LogP contribution in [0.2, 0.25) is 0 Å². The first kappa shape index (κ1) is 10.5. The van der Waals surface area contributed by atoms with Gasteiger partial charge in [0.2, 0.25) is 0 Å². The fourth-order valence-corrected chi connectivity index (χ4v) is 2.35. The molecule has 0 aromatic carbocycles. The van der Waals surface area contributed by atoms with Crippen LogP contribution in [-0.2, 0) is 10.8 Å². The third-order valence-corrected chi connectivity index (χ3v) is 3.36. The van der Waals surface area contributed by atoms with Crippen LogP contribution in [0.1, 0.15) is 6.42 Å². The maximum atomic E-state index is 11.0. The molecule has 0 bridgehead atoms. The number of hydrogen-bond donors (Lipinski definition) is 2. The zero-order chi connectivity index (χ0) is 9.68. The summed E-state index contributed by atoms with van der Waals surface area (Å²) in [7, 11) is -0.630. The number of hydrogen-bond acceptors (Lipinski definition) is 4. The smallest absolute Gasteiger partial charge is 0.140 e. The van der Waals surface area contributed by atoms with Gasteiger partial charge in [0, 0.05) is 48.4 Å². The van der Waals surface area contributed by atoms with Crippen LogP contribution in [0, 0.1) is 0 Å². The van der Waals surface area contributed by atoms with E-state index in [1.807, 2.05) is 0 Å². The number of rotatable bonds is 3. The Hall–Kier alpha value is -0.620. The number of nitrogens with two attached hydrogens (primary N) is 1. The van der Waals surface area contributed by atoms with Crippen molar-refractivity contribution < 1.29 is 9.42 Å². The maximum Gasteiger partial charge on any atom is 0.140 e. The van der Waals surface area contributed by atoms with Crippen LogP contribution in [0.25, 0.3) is 0 Å². The van der Waals surface area contributed by atoms with Gasteiger partial charge in [-0.3, -0.25) is 4.21 Å². The van der Waals surface area contributed by atoms with Crippen molar-refractivity contribution in [3.8, 4) is 0 Å². The summed E-state index contributed by atoms with van der Waals surface area (Å²) < 4.78 is 11.0. The van der Waals surface area contributed by atoms with Gasteiger partial charge >= 0.3 is 0 Å². The van der Waals surface area contributed by atoms with E-state index in [9.17, 15) is 4.21 Å². The molecule has 1 aliphatic rings. The minimum atomic E-state index is -0.630. The average Bonchev–Trinajstić information content (AvgIpc) is 2.16. The van der Waals surface area contributed by atoms with Crippen LogP contribution in [-0.4, -0.2) is 51.3 Å². The summed E-state index contributed by atoms with van der Waals surface area (Å²) >= 11 is 0. The maximum absolute atomic E-state index is 11.0. The molecule has 0 saturated carbocycles. The van der Waals surface area contributed by atoms with Crippen molar-refractivity contribution in [3.05, 3.63) is 0 Å². The molecule has 5 nitrogen and oxygen atoms in total. The van der Waals surface area contributed by atoms with Gasteiger partial charge in [0.1, 0.15) is 5.84 Å². The molecule has 1 fully saturated rings. The van der Waals surface area contributed by atoms with Gasteiger partial charge in [0.25, 0.3) is 0 Å². The molecule has 76 valence electrons. The fourth-order valence-electron chi connectivity index (χ4n) is 1.22. The van der Waals surface area contributed by atoms with Crippen LogP contribution in [0.3, 0.4) is 0 Å². The molecule has 6 heteroatoms. The lowest BCUT2D eigenvalue weighted by Gasteiger charge is -2.25. The van der Waals surface area contributed by atoms with Gasteiger partial charge in [0.15, 0.2) is 0 Å². The zero-order valence-corrected chi connectivity index (χ0v) is 8.29. The zero-order valence-electron chi connectivity index (χ0n) is 7.48. The standard InChI is InChI=1S/C7H15N3O2S/c8-7(9-11)1-2-10-3-5-13(12)6-4-10/h11H,1-6H2,(H2,8,9). The largest absolute Gasteiger partial charge is 0.409 e. The monoisotopic (exact) mass is 205 g/mol. The molecule has 1 heterocycles. The highest BCUT2D eigenvalue weighted by Crippen LogP contribution is 2.00. The van der Waals surface area contributed by atoms with Gasteiger partial charge in [-0.1, -0.05) is 5.16 Å². The lowest BCUT2D eigenvalue weighted by molar-refractivity contribution is 0.298. The topological polar surface area (TPSA) is 78.9 Å². The number of oxime groups is 1. The molecular formula is C7H15N3O2S. The van der Waals surface area contributed by atoms with Crippen molar-refractivity contribution in [2.75, 3.05) is 31.1 Å². The highest BCUT2D eigenvalue weighted by atomic mass is 32.2. The molecule has 0 aromatic rings. The summed E-state index contributed by atoms with van der Waals surface area (Å²) in [6, 6.07) is 0. The summed E-state index contributed by atoms with van der Waals surface area (Å²) in [4.78, 5) is 2.18. The van der Waals surface area contributed by atoms with E-state index in [2.05, 4.69) is 10.1 Å². The molecule has 0 amide bonds. The summed E-state index contributed by atoms with van der Waals surface area (Å²) in [6.07, 6.45) is 0.573. The molecule has 0 aromatic heterocycles. The van der Waals surface area contributed by atoms with Crippen LogP contribution < -0.4 is 5.73 Å². The van der Waals surface area contributed by atoms with Crippen LogP contribution >= 0.6 is 0 Å². The Morgan fingerprint density at radius 2 is 2.15 bits per heavy atom. The number of amidine groups is 1. The molecule has 3 N–H and O–H groups in total. The Labute approximate surface area is 80.0 Å². The molecule has 1 aliphatic heterocycles. The third-order valence-electron chi connectivity index (χ3n) is 2.08. The van der Waals surface area contributed by atoms with E-state index in [1.165, 1.54) is 0 Å². The Morgan fingerprint density at radius 1 is 1.54 bits per heavy atom. The molecule has 0 atom stereocenters. The highest BCUT2D eigenvalue weighted by Gasteiger charge is 2.14. The summed E-state index contributed by atoms with van der Waals surface area (Å²) in [5.74, 6) is 1.75. The molecule has 1 saturated heterocycles. The minimum Gasteiger partial charge on any atom is -0.409 e. The van der Waals surface area contributed by atoms with Crippen LogP contribution in [0.15, 0.2) is 5.16 Å². The quantitative estimate of drug-likeness (QED) is 0.273.